The molecule has 1 aliphatic carbocycles. The number of anilines is 1. The summed E-state index contributed by atoms with van der Waals surface area (Å²) in [6, 6.07) is 23.1. The molecule has 2 N–H and O–H groups in total. The van der Waals surface area contributed by atoms with Gasteiger partial charge in [-0.3, -0.25) is 4.79 Å². The third kappa shape index (κ3) is 7.21. The van der Waals surface area contributed by atoms with Gasteiger partial charge in [0.05, 0.1) is 23.9 Å². The number of halogens is 3. The second-order valence-corrected chi connectivity index (χ2v) is 12.1. The Labute approximate surface area is 263 Å². The van der Waals surface area contributed by atoms with Crippen LogP contribution in [0.5, 0.6) is 0 Å². The minimum atomic E-state index is -4.83. The molecule has 238 valence electrons. The Morgan fingerprint density at radius 1 is 1.00 bits per heavy atom. The Morgan fingerprint density at radius 3 is 2.30 bits per heavy atom. The summed E-state index contributed by atoms with van der Waals surface area (Å²) in [5.74, 6) is -0.904. The summed E-state index contributed by atoms with van der Waals surface area (Å²) in [5.41, 5.74) is -2.95. The number of ether oxygens (including phenoxy) is 1. The first kappa shape index (κ1) is 32.2. The third-order valence-corrected chi connectivity index (χ3v) is 7.32. The maximum absolute atomic E-state index is 13.7. The number of hydrogen-bond acceptors (Lipinski definition) is 6. The van der Waals surface area contributed by atoms with Crippen LogP contribution in [0.3, 0.4) is 0 Å². The summed E-state index contributed by atoms with van der Waals surface area (Å²) < 4.78 is 47.5. The number of aliphatic hydroxyl groups is 1. The van der Waals surface area contributed by atoms with E-state index in [2.05, 4.69) is 10.4 Å². The van der Waals surface area contributed by atoms with E-state index in [-0.39, 0.29) is 29.5 Å². The summed E-state index contributed by atoms with van der Waals surface area (Å²) in [6.07, 6.45) is -3.89. The molecular formula is C34H32F3N5O4. The highest BCUT2D eigenvalue weighted by molar-refractivity contribution is 6.03. The fourth-order valence-corrected chi connectivity index (χ4v) is 4.99. The lowest BCUT2D eigenvalue weighted by Gasteiger charge is -2.36. The van der Waals surface area contributed by atoms with Gasteiger partial charge in [-0.1, -0.05) is 48.5 Å². The van der Waals surface area contributed by atoms with Crippen molar-refractivity contribution < 1.29 is 32.6 Å². The number of benzene rings is 3. The quantitative estimate of drug-likeness (QED) is 0.225. The second kappa shape index (κ2) is 12.3. The zero-order valence-electron chi connectivity index (χ0n) is 25.4. The standard InChI is InChI=1S/C34H32F3N5O4/c1-32(2,3)46-31(44)41(26-15-16-26)21-33(45,23-10-5-4-6-11-23)24-12-8-13-25(18-24)39-30(43)28-19-29(34(35,36)37)40-42(28)27-14-7-9-22(17-27)20-38/h4-14,17-19,26,45H,15-16,21H2,1-3H3,(H,39,43). The summed E-state index contributed by atoms with van der Waals surface area (Å²) in [7, 11) is 0. The molecule has 0 saturated heterocycles. The van der Waals surface area contributed by atoms with E-state index in [9.17, 15) is 33.1 Å². The highest BCUT2D eigenvalue weighted by Crippen LogP contribution is 2.37. The van der Waals surface area contributed by atoms with Crippen LogP contribution in [0.15, 0.2) is 84.9 Å². The number of carbonyl (C=O) groups is 2. The van der Waals surface area contributed by atoms with Gasteiger partial charge in [-0.15, -0.1) is 0 Å². The minimum absolute atomic E-state index is 0.0919. The predicted octanol–water partition coefficient (Wildman–Crippen LogP) is 6.65. The van der Waals surface area contributed by atoms with E-state index in [1.165, 1.54) is 41.3 Å². The second-order valence-electron chi connectivity index (χ2n) is 12.1. The highest BCUT2D eigenvalue weighted by Gasteiger charge is 2.43. The van der Waals surface area contributed by atoms with E-state index in [1.54, 1.807) is 63.2 Å². The number of aromatic nitrogens is 2. The molecule has 12 heteroatoms. The molecular weight excluding hydrogens is 599 g/mol. The maximum Gasteiger partial charge on any atom is 0.435 e. The summed E-state index contributed by atoms with van der Waals surface area (Å²) >= 11 is 0. The Morgan fingerprint density at radius 2 is 1.67 bits per heavy atom. The topological polar surface area (TPSA) is 120 Å². The van der Waals surface area contributed by atoms with Crippen molar-refractivity contribution in [2.24, 2.45) is 0 Å². The van der Waals surface area contributed by atoms with Crippen molar-refractivity contribution in [3.05, 3.63) is 113 Å². The van der Waals surface area contributed by atoms with Gasteiger partial charge in [0.25, 0.3) is 5.91 Å². The van der Waals surface area contributed by atoms with Gasteiger partial charge in [-0.05, 0) is 75.1 Å². The summed E-state index contributed by atoms with van der Waals surface area (Å²) in [6.45, 7) is 5.13. The fraction of sp³-hybridized carbons (Fsp3) is 0.294. The summed E-state index contributed by atoms with van der Waals surface area (Å²) in [5, 5.41) is 27.8. The van der Waals surface area contributed by atoms with Gasteiger partial charge < -0.3 is 20.1 Å². The van der Waals surface area contributed by atoms with E-state index in [1.807, 2.05) is 6.07 Å². The molecule has 1 heterocycles. The van der Waals surface area contributed by atoms with Crippen molar-refractivity contribution in [1.29, 1.82) is 5.26 Å². The van der Waals surface area contributed by atoms with Crippen molar-refractivity contribution in [3.8, 4) is 11.8 Å². The molecule has 1 aromatic heterocycles. The third-order valence-electron chi connectivity index (χ3n) is 7.32. The number of amides is 2. The van der Waals surface area contributed by atoms with Gasteiger partial charge in [-0.2, -0.15) is 23.5 Å². The van der Waals surface area contributed by atoms with Crippen LogP contribution in [0.25, 0.3) is 5.69 Å². The van der Waals surface area contributed by atoms with Crippen molar-refractivity contribution in [1.82, 2.24) is 14.7 Å². The van der Waals surface area contributed by atoms with Crippen molar-refractivity contribution in [2.75, 3.05) is 11.9 Å². The van der Waals surface area contributed by atoms with Crippen LogP contribution in [0, 0.1) is 11.3 Å². The molecule has 0 aliphatic heterocycles. The first-order valence-corrected chi connectivity index (χ1v) is 14.6. The molecule has 2 amide bonds. The summed E-state index contributed by atoms with van der Waals surface area (Å²) in [4.78, 5) is 28.2. The number of nitrogens with zero attached hydrogens (tertiary/aromatic N) is 4. The SMILES string of the molecule is CC(C)(C)OC(=O)N(CC(O)(c1ccccc1)c1cccc(NC(=O)c2cc(C(F)(F)F)nn2-c2cccc(C#N)c2)c1)C1CC1. The number of alkyl halides is 3. The molecule has 0 spiro atoms. The Kier molecular flexibility index (Phi) is 8.64. The minimum Gasteiger partial charge on any atom is -0.444 e. The lowest BCUT2D eigenvalue weighted by atomic mass is 9.85. The van der Waals surface area contributed by atoms with Crippen molar-refractivity contribution in [3.63, 3.8) is 0 Å². The molecule has 1 unspecified atom stereocenters. The molecule has 5 rings (SSSR count). The van der Waals surface area contributed by atoms with Crippen LogP contribution in [0.2, 0.25) is 0 Å². The largest absolute Gasteiger partial charge is 0.444 e. The van der Waals surface area contributed by atoms with Crippen molar-refractivity contribution >= 4 is 17.7 Å². The molecule has 3 aromatic carbocycles. The van der Waals surface area contributed by atoms with Crippen LogP contribution in [0.4, 0.5) is 23.7 Å². The van der Waals surface area contributed by atoms with Crippen LogP contribution in [-0.2, 0) is 16.5 Å². The molecule has 46 heavy (non-hydrogen) atoms. The first-order valence-electron chi connectivity index (χ1n) is 14.6. The van der Waals surface area contributed by atoms with Gasteiger partial charge in [-0.25, -0.2) is 9.48 Å². The van der Waals surface area contributed by atoms with Gasteiger partial charge in [0.1, 0.15) is 16.9 Å². The van der Waals surface area contributed by atoms with E-state index in [4.69, 9.17) is 4.74 Å². The Bertz CT molecular complexity index is 1790. The van der Waals surface area contributed by atoms with E-state index in [0.717, 1.165) is 17.5 Å². The van der Waals surface area contributed by atoms with Gasteiger partial charge >= 0.3 is 12.3 Å². The van der Waals surface area contributed by atoms with E-state index < -0.39 is 40.8 Å². The molecule has 1 atom stereocenters. The average Bonchev–Trinajstić information content (AvgIpc) is 3.74. The van der Waals surface area contributed by atoms with Crippen LogP contribution in [-0.4, -0.2) is 50.0 Å². The Balaban J connectivity index is 1.50. The zero-order chi connectivity index (χ0) is 33.3. The number of carbonyl (C=O) groups excluding carboxylic acids is 2. The van der Waals surface area contributed by atoms with E-state index in [0.29, 0.717) is 17.2 Å². The lowest BCUT2D eigenvalue weighted by Crippen LogP contribution is -2.47. The molecule has 1 saturated carbocycles. The monoisotopic (exact) mass is 631 g/mol. The lowest BCUT2D eigenvalue weighted by molar-refractivity contribution is -0.141. The number of rotatable bonds is 8. The number of hydrogen-bond donors (Lipinski definition) is 2. The molecule has 1 aliphatic rings. The van der Waals surface area contributed by atoms with Gasteiger partial charge in [0.15, 0.2) is 5.69 Å². The average molecular weight is 632 g/mol. The molecule has 0 bridgehead atoms. The van der Waals surface area contributed by atoms with Gasteiger partial charge in [0.2, 0.25) is 0 Å². The normalized spacial score (nSPS) is 14.6. The van der Waals surface area contributed by atoms with Crippen LogP contribution < -0.4 is 5.32 Å². The van der Waals surface area contributed by atoms with E-state index >= 15 is 0 Å². The molecule has 4 aromatic rings. The van der Waals surface area contributed by atoms with Crippen LogP contribution >= 0.6 is 0 Å². The fourth-order valence-electron chi connectivity index (χ4n) is 4.99. The number of nitriles is 1. The van der Waals surface area contributed by atoms with Crippen molar-refractivity contribution in [2.45, 2.75) is 57.0 Å². The highest BCUT2D eigenvalue weighted by atomic mass is 19.4. The Hall–Kier alpha value is -5.15. The molecule has 1 fully saturated rings. The number of nitrogens with one attached hydrogen (secondary N) is 1. The first-order chi connectivity index (χ1) is 21.7. The van der Waals surface area contributed by atoms with Crippen LogP contribution in [0.1, 0.15) is 66.5 Å². The molecule has 0 radical (unpaired) electrons. The molecule has 9 nitrogen and oxygen atoms in total. The maximum atomic E-state index is 13.7. The predicted molar refractivity (Wildman–Crippen MR) is 163 cm³/mol. The van der Waals surface area contributed by atoms with Gasteiger partial charge in [0, 0.05) is 17.8 Å². The smallest absolute Gasteiger partial charge is 0.435 e. The zero-order valence-corrected chi connectivity index (χ0v) is 25.4.